The van der Waals surface area contributed by atoms with Crippen LogP contribution >= 0.6 is 0 Å². The van der Waals surface area contributed by atoms with E-state index in [4.69, 9.17) is 13.6 Å². The molecular formula is C62H67BN2. The smallest absolute Gasteiger partial charge is 0.115 e. The maximum absolute atomic E-state index is 7.27. The molecule has 0 unspecified atom stereocenters. The Labute approximate surface area is 391 Å². The molecule has 6 aromatic carbocycles. The fourth-order valence-electron chi connectivity index (χ4n) is 11.3. The monoisotopic (exact) mass is 851 g/mol. The van der Waals surface area contributed by atoms with E-state index in [0.717, 1.165) is 87.9 Å². The lowest BCUT2D eigenvalue weighted by Gasteiger charge is -2.44. The predicted octanol–water partition coefficient (Wildman–Crippen LogP) is 16.0. The van der Waals surface area contributed by atoms with E-state index in [0.29, 0.717) is 5.47 Å². The summed E-state index contributed by atoms with van der Waals surface area (Å²) in [6.07, 6.45) is 10.1. The molecule has 2 nitrogen and oxygen atoms in total. The molecule has 65 heavy (non-hydrogen) atoms. The number of aryl methyl sites for hydroxylation is 2. The highest BCUT2D eigenvalue weighted by Gasteiger charge is 2.40. The standard InChI is InChI=1S/C62H67BN2/c1-38-18-13-15-21-45(38)49-36-56(41(4)63)65(44-25-27-52-54(34-44)61(9,10)29-28-59(52,5)6)57(50-35-55-53(33-40(50)3)60(7,8)30-31-62(55,11)12)37-51-43(32-39(49)2)20-17-23-47(51)48-26-24-42-19-14-16-22-46(42)58(48)64/h13-27,33-37H,4,28-32,64H2,1-3,5-12H3/b49-39+,56-36+,57-37-. The van der Waals surface area contributed by atoms with Crippen molar-refractivity contribution in [3.05, 3.63) is 194 Å². The molecular weight excluding hydrogens is 784 g/mol. The van der Waals surface area contributed by atoms with Crippen LogP contribution in [0.1, 0.15) is 144 Å². The Balaban J connectivity index is 1.46. The minimum absolute atomic E-state index is 0.00723. The van der Waals surface area contributed by atoms with Gasteiger partial charge in [0.15, 0.2) is 0 Å². The van der Waals surface area contributed by atoms with E-state index in [1.165, 1.54) is 55.6 Å². The van der Waals surface area contributed by atoms with E-state index >= 15 is 0 Å². The van der Waals surface area contributed by atoms with E-state index in [9.17, 15) is 0 Å². The highest BCUT2D eigenvalue weighted by molar-refractivity contribution is 6.25. The average molecular weight is 851 g/mol. The molecule has 1 aliphatic heterocycles. The maximum atomic E-state index is 7.27. The third kappa shape index (κ3) is 7.73. The molecule has 2 N–H and O–H groups in total. The molecule has 9 rings (SSSR count). The van der Waals surface area contributed by atoms with Crippen LogP contribution in [0.2, 0.25) is 0 Å². The SMILES string of the molecule is [B]C(=C)/C1=C\C(c2ccccc2C)=C(\C)Cc2cccc(-c3ccc4ccccc4c3N)c2/C=C(/c2cc3c(cc2C)C(C)(C)CCC3(C)C)N1c1ccc2c(c1)C(C)(C)CCC2(C)C. The van der Waals surface area contributed by atoms with Crippen molar-refractivity contribution in [2.24, 2.45) is 0 Å². The molecule has 0 saturated heterocycles. The highest BCUT2D eigenvalue weighted by atomic mass is 15.2. The van der Waals surface area contributed by atoms with Gasteiger partial charge in [-0.15, -0.1) is 6.58 Å². The Kier molecular flexibility index (Phi) is 10.9. The Morgan fingerprint density at radius 2 is 1.17 bits per heavy atom. The molecule has 6 aromatic rings. The van der Waals surface area contributed by atoms with Gasteiger partial charge >= 0.3 is 0 Å². The highest BCUT2D eigenvalue weighted by Crippen LogP contribution is 2.51. The molecule has 1 heterocycles. The first kappa shape index (κ1) is 44.4. The Bertz CT molecular complexity index is 3030. The molecule has 0 atom stereocenters. The van der Waals surface area contributed by atoms with Gasteiger partial charge in [-0.25, -0.2) is 0 Å². The van der Waals surface area contributed by atoms with E-state index in [1.807, 2.05) is 0 Å². The summed E-state index contributed by atoms with van der Waals surface area (Å²) in [5, 5.41) is 2.20. The summed E-state index contributed by atoms with van der Waals surface area (Å²) < 4.78 is 0. The number of hydrogen-bond donors (Lipinski definition) is 1. The van der Waals surface area contributed by atoms with Crippen molar-refractivity contribution in [1.82, 2.24) is 0 Å². The third-order valence-corrected chi connectivity index (χ3v) is 15.7. The molecule has 0 saturated carbocycles. The number of anilines is 2. The van der Waals surface area contributed by atoms with Crippen LogP contribution in [0.5, 0.6) is 0 Å². The minimum atomic E-state index is -0.0149. The van der Waals surface area contributed by atoms with Crippen LogP contribution < -0.4 is 10.6 Å². The van der Waals surface area contributed by atoms with Crippen molar-refractivity contribution in [3.63, 3.8) is 0 Å². The second kappa shape index (κ2) is 16.0. The number of rotatable bonds is 5. The predicted molar refractivity (Wildman–Crippen MR) is 283 cm³/mol. The lowest BCUT2D eigenvalue weighted by molar-refractivity contribution is 0.331. The number of hydrogen-bond acceptors (Lipinski definition) is 2. The topological polar surface area (TPSA) is 29.3 Å². The van der Waals surface area contributed by atoms with Crippen LogP contribution in [-0.4, -0.2) is 7.85 Å². The molecule has 0 spiro atoms. The van der Waals surface area contributed by atoms with Crippen LogP contribution in [0.3, 0.4) is 0 Å². The number of nitrogens with two attached hydrogens (primary N) is 1. The number of benzene rings is 6. The molecule has 2 aliphatic carbocycles. The molecule has 0 aromatic heterocycles. The lowest BCUT2D eigenvalue weighted by atomic mass is 9.62. The summed E-state index contributed by atoms with van der Waals surface area (Å²) in [6.45, 7) is 30.8. The fraction of sp³-hybridized carbons (Fsp3) is 0.323. The summed E-state index contributed by atoms with van der Waals surface area (Å²) >= 11 is 0. The average Bonchev–Trinajstić information content (AvgIpc) is 3.26. The van der Waals surface area contributed by atoms with Crippen molar-refractivity contribution < 1.29 is 0 Å². The van der Waals surface area contributed by atoms with Crippen LogP contribution in [-0.2, 0) is 28.1 Å². The van der Waals surface area contributed by atoms with E-state index < -0.39 is 0 Å². The first-order chi connectivity index (χ1) is 30.7. The second-order valence-electron chi connectivity index (χ2n) is 22.2. The molecule has 3 aliphatic rings. The second-order valence-corrected chi connectivity index (χ2v) is 22.2. The number of nitrogens with zero attached hydrogens (tertiary/aromatic N) is 1. The Hall–Kier alpha value is -5.80. The molecule has 328 valence electrons. The first-order valence-corrected chi connectivity index (χ1v) is 23.8. The largest absolute Gasteiger partial charge is 0.398 e. The van der Waals surface area contributed by atoms with Crippen molar-refractivity contribution in [1.29, 1.82) is 0 Å². The van der Waals surface area contributed by atoms with Crippen LogP contribution in [0.4, 0.5) is 11.4 Å². The van der Waals surface area contributed by atoms with Crippen LogP contribution in [0.25, 0.3) is 39.2 Å². The lowest BCUT2D eigenvalue weighted by Crippen LogP contribution is -2.35. The van der Waals surface area contributed by atoms with Gasteiger partial charge in [0.1, 0.15) is 7.85 Å². The zero-order valence-electron chi connectivity index (χ0n) is 40.9. The normalized spacial score (nSPS) is 21.2. The van der Waals surface area contributed by atoms with Crippen molar-refractivity contribution in [3.8, 4) is 11.1 Å². The zero-order chi connectivity index (χ0) is 46.4. The van der Waals surface area contributed by atoms with Gasteiger partial charge in [0.2, 0.25) is 0 Å². The Morgan fingerprint density at radius 3 is 1.85 bits per heavy atom. The number of allylic oxidation sites excluding steroid dienone is 4. The quantitative estimate of drug-likeness (QED) is 0.138. The summed E-state index contributed by atoms with van der Waals surface area (Å²) in [5.74, 6) is 0. The van der Waals surface area contributed by atoms with Crippen molar-refractivity contribution >= 4 is 47.3 Å². The molecule has 2 radical (unpaired) electrons. The molecule has 3 heteroatoms. The van der Waals surface area contributed by atoms with Gasteiger partial charge in [-0.2, -0.15) is 0 Å². The van der Waals surface area contributed by atoms with Crippen molar-refractivity contribution in [2.75, 3.05) is 10.6 Å². The van der Waals surface area contributed by atoms with Gasteiger partial charge in [-0.3, -0.25) is 0 Å². The molecule has 0 bridgehead atoms. The maximum Gasteiger partial charge on any atom is 0.115 e. The van der Waals surface area contributed by atoms with Crippen LogP contribution in [0, 0.1) is 13.8 Å². The zero-order valence-corrected chi connectivity index (χ0v) is 40.9. The summed E-state index contributed by atoms with van der Waals surface area (Å²) in [7, 11) is 7.25. The van der Waals surface area contributed by atoms with Gasteiger partial charge in [0, 0.05) is 33.6 Å². The van der Waals surface area contributed by atoms with Gasteiger partial charge in [-0.1, -0.05) is 157 Å². The van der Waals surface area contributed by atoms with Gasteiger partial charge in [0.05, 0.1) is 5.70 Å². The van der Waals surface area contributed by atoms with E-state index in [2.05, 4.69) is 209 Å². The molecule has 0 fully saturated rings. The number of nitrogen functional groups attached to an aromatic ring is 1. The summed E-state index contributed by atoms with van der Waals surface area (Å²) in [5.41, 5.74) is 29.1. The van der Waals surface area contributed by atoms with Crippen molar-refractivity contribution in [2.45, 2.75) is 130 Å². The fourth-order valence-corrected chi connectivity index (χ4v) is 11.3. The summed E-state index contributed by atoms with van der Waals surface area (Å²) in [4.78, 5) is 2.46. The number of fused-ring (bicyclic) bond motifs is 4. The molecule has 0 amide bonds. The Morgan fingerprint density at radius 1 is 0.569 bits per heavy atom. The summed E-state index contributed by atoms with van der Waals surface area (Å²) in [6, 6.07) is 40.7. The van der Waals surface area contributed by atoms with Gasteiger partial charge in [-0.05, 0) is 171 Å². The van der Waals surface area contributed by atoms with Crippen LogP contribution in [0.15, 0.2) is 139 Å². The minimum Gasteiger partial charge on any atom is -0.398 e. The van der Waals surface area contributed by atoms with Gasteiger partial charge in [0.25, 0.3) is 0 Å². The van der Waals surface area contributed by atoms with E-state index in [-0.39, 0.29) is 21.7 Å². The van der Waals surface area contributed by atoms with Gasteiger partial charge < -0.3 is 10.6 Å². The van der Waals surface area contributed by atoms with E-state index in [1.54, 1.807) is 0 Å². The first-order valence-electron chi connectivity index (χ1n) is 23.8. The third-order valence-electron chi connectivity index (χ3n) is 15.7.